The Balaban J connectivity index is 4.73. The third-order valence-corrected chi connectivity index (χ3v) is 1.57. The third kappa shape index (κ3) is 2.53. The molecule has 0 spiro atoms. The molecule has 0 saturated carbocycles. The van der Waals surface area contributed by atoms with Gasteiger partial charge in [0.05, 0.1) is 0 Å². The van der Waals surface area contributed by atoms with E-state index in [1.54, 1.807) is 0 Å². The van der Waals surface area contributed by atoms with Crippen molar-refractivity contribution in [2.45, 2.75) is 27.7 Å². The van der Waals surface area contributed by atoms with Crippen molar-refractivity contribution in [3.63, 3.8) is 0 Å². The molecule has 0 bridgehead atoms. The molecule has 0 saturated heterocycles. The molecule has 0 atom stereocenters. The molecule has 0 rings (SSSR count). The van der Waals surface area contributed by atoms with Crippen molar-refractivity contribution in [1.82, 2.24) is 0 Å². The average Bonchev–Trinajstić information content (AvgIpc) is 1.98. The first-order chi connectivity index (χ1) is 5.54. The lowest BCUT2D eigenvalue weighted by Crippen LogP contribution is -2.25. The Bertz CT molecular complexity index is 173. The molecule has 4 heteroatoms. The van der Waals surface area contributed by atoms with Crippen LogP contribution in [0.5, 0.6) is 0 Å². The zero-order chi connectivity index (χ0) is 9.72. The maximum Gasteiger partial charge on any atom is 0.107 e. The average molecular weight is 172 g/mol. The van der Waals surface area contributed by atoms with Crippen LogP contribution >= 0.6 is 0 Å². The van der Waals surface area contributed by atoms with E-state index in [0.29, 0.717) is 11.4 Å². The van der Waals surface area contributed by atoms with Crippen LogP contribution in [-0.2, 0) is 0 Å². The van der Waals surface area contributed by atoms with Crippen molar-refractivity contribution in [2.75, 3.05) is 0 Å². The molecular weight excluding hydrogens is 156 g/mol. The summed E-state index contributed by atoms with van der Waals surface area (Å²) in [4.78, 5) is 0. The molecule has 12 heavy (non-hydrogen) atoms. The molecule has 2 N–H and O–H groups in total. The van der Waals surface area contributed by atoms with Gasteiger partial charge in [0.1, 0.15) is 11.4 Å². The highest BCUT2D eigenvalue weighted by molar-refractivity contribution is 6.43. The molecule has 70 valence electrons. The van der Waals surface area contributed by atoms with Gasteiger partial charge in [-0.2, -0.15) is 0 Å². The summed E-state index contributed by atoms with van der Waals surface area (Å²) in [6, 6.07) is 0. The molecule has 0 aliphatic carbocycles. The van der Waals surface area contributed by atoms with Gasteiger partial charge in [0.2, 0.25) is 0 Å². The van der Waals surface area contributed by atoms with Crippen molar-refractivity contribution >= 4 is 11.4 Å². The summed E-state index contributed by atoms with van der Waals surface area (Å²) in [7, 11) is 0. The highest BCUT2D eigenvalue weighted by Crippen LogP contribution is 2.06. The minimum atomic E-state index is 0.0586. The lowest BCUT2D eigenvalue weighted by molar-refractivity contribution is 0.309. The van der Waals surface area contributed by atoms with Gasteiger partial charge in [0.25, 0.3) is 0 Å². The van der Waals surface area contributed by atoms with Crippen LogP contribution in [0.2, 0.25) is 0 Å². The van der Waals surface area contributed by atoms with E-state index in [9.17, 15) is 0 Å². The Morgan fingerprint density at radius 2 is 1.08 bits per heavy atom. The van der Waals surface area contributed by atoms with Crippen LogP contribution < -0.4 is 0 Å². The molecule has 0 amide bonds. The maximum absolute atomic E-state index is 8.64. The second-order valence-electron chi connectivity index (χ2n) is 3.28. The number of oxime groups is 2. The molecule has 0 aromatic heterocycles. The Morgan fingerprint density at radius 1 is 0.833 bits per heavy atom. The monoisotopic (exact) mass is 172 g/mol. The van der Waals surface area contributed by atoms with Crippen molar-refractivity contribution in [3.05, 3.63) is 0 Å². The maximum atomic E-state index is 8.64. The van der Waals surface area contributed by atoms with Gasteiger partial charge in [-0.05, 0) is 0 Å². The van der Waals surface area contributed by atoms with E-state index < -0.39 is 0 Å². The first kappa shape index (κ1) is 10.9. The number of hydrogen-bond donors (Lipinski definition) is 2. The van der Waals surface area contributed by atoms with Gasteiger partial charge in [0.15, 0.2) is 0 Å². The van der Waals surface area contributed by atoms with Crippen LogP contribution in [0.25, 0.3) is 0 Å². The number of hydrogen-bond acceptors (Lipinski definition) is 4. The zero-order valence-electron chi connectivity index (χ0n) is 7.94. The molecule has 0 heterocycles. The minimum absolute atomic E-state index is 0.0586. The van der Waals surface area contributed by atoms with Gasteiger partial charge in [-0.1, -0.05) is 38.0 Å². The van der Waals surface area contributed by atoms with Crippen molar-refractivity contribution < 1.29 is 10.4 Å². The van der Waals surface area contributed by atoms with Crippen molar-refractivity contribution in [3.8, 4) is 0 Å². The van der Waals surface area contributed by atoms with Crippen LogP contribution in [0.1, 0.15) is 27.7 Å². The van der Waals surface area contributed by atoms with Gasteiger partial charge in [-0.15, -0.1) is 0 Å². The fourth-order valence-electron chi connectivity index (χ4n) is 0.925. The predicted octanol–water partition coefficient (Wildman–Crippen LogP) is 1.96. The lowest BCUT2D eigenvalue weighted by atomic mass is 9.96. The summed E-state index contributed by atoms with van der Waals surface area (Å²) in [6.45, 7) is 7.51. The summed E-state index contributed by atoms with van der Waals surface area (Å²) >= 11 is 0. The van der Waals surface area contributed by atoms with E-state index in [4.69, 9.17) is 10.4 Å². The Labute approximate surface area is 72.6 Å². The fourth-order valence-corrected chi connectivity index (χ4v) is 0.925. The fraction of sp³-hybridized carbons (Fsp3) is 0.750. The Morgan fingerprint density at radius 3 is 1.17 bits per heavy atom. The Hall–Kier alpha value is -1.06. The van der Waals surface area contributed by atoms with Gasteiger partial charge in [0, 0.05) is 11.8 Å². The summed E-state index contributed by atoms with van der Waals surface area (Å²) < 4.78 is 0. The van der Waals surface area contributed by atoms with E-state index in [1.807, 2.05) is 27.7 Å². The van der Waals surface area contributed by atoms with E-state index >= 15 is 0 Å². The molecule has 0 aliphatic heterocycles. The standard InChI is InChI=1S/C8H16N2O2/c1-5(2)7(9-11)8(10-12)6(3)4/h5-6,11-12H,1-4H3. The second-order valence-corrected chi connectivity index (χ2v) is 3.28. The van der Waals surface area contributed by atoms with Crippen LogP contribution in [-0.4, -0.2) is 21.8 Å². The van der Waals surface area contributed by atoms with E-state index in [0.717, 1.165) is 0 Å². The highest BCUT2D eigenvalue weighted by Gasteiger charge is 2.17. The Kier molecular flexibility index (Phi) is 4.33. The molecule has 0 radical (unpaired) electrons. The second kappa shape index (κ2) is 4.74. The molecule has 0 aliphatic rings. The van der Waals surface area contributed by atoms with Crippen LogP contribution in [0.4, 0.5) is 0 Å². The summed E-state index contributed by atoms with van der Waals surface area (Å²) in [6.07, 6.45) is 0. The smallest absolute Gasteiger partial charge is 0.107 e. The number of nitrogens with zero attached hydrogens (tertiary/aromatic N) is 2. The normalized spacial score (nSPS) is 14.5. The van der Waals surface area contributed by atoms with Crippen LogP contribution in [0.15, 0.2) is 10.3 Å². The third-order valence-electron chi connectivity index (χ3n) is 1.57. The topological polar surface area (TPSA) is 65.2 Å². The predicted molar refractivity (Wildman–Crippen MR) is 48.1 cm³/mol. The highest BCUT2D eigenvalue weighted by atomic mass is 16.4. The zero-order valence-corrected chi connectivity index (χ0v) is 7.94. The summed E-state index contributed by atoms with van der Waals surface area (Å²) in [5.41, 5.74) is 0.875. The summed E-state index contributed by atoms with van der Waals surface area (Å²) in [5.74, 6) is 0.117. The molecule has 0 aromatic carbocycles. The van der Waals surface area contributed by atoms with Crippen LogP contribution in [0.3, 0.4) is 0 Å². The van der Waals surface area contributed by atoms with E-state index in [-0.39, 0.29) is 11.8 Å². The number of rotatable bonds is 3. The molecule has 0 aromatic rings. The van der Waals surface area contributed by atoms with Gasteiger partial charge >= 0.3 is 0 Å². The molecule has 4 nitrogen and oxygen atoms in total. The summed E-state index contributed by atoms with van der Waals surface area (Å²) in [5, 5.41) is 23.5. The SMILES string of the molecule is CC(C)C(=NO)C(=NO)C(C)C. The van der Waals surface area contributed by atoms with E-state index in [1.165, 1.54) is 0 Å². The first-order valence-electron chi connectivity index (χ1n) is 3.98. The quantitative estimate of drug-likeness (QED) is 0.388. The molecular formula is C8H16N2O2. The van der Waals surface area contributed by atoms with Gasteiger partial charge in [-0.3, -0.25) is 0 Å². The van der Waals surface area contributed by atoms with Crippen molar-refractivity contribution in [2.24, 2.45) is 22.1 Å². The molecule has 0 fully saturated rings. The van der Waals surface area contributed by atoms with Crippen LogP contribution in [0, 0.1) is 11.8 Å². The van der Waals surface area contributed by atoms with Gasteiger partial charge < -0.3 is 10.4 Å². The first-order valence-corrected chi connectivity index (χ1v) is 3.98. The van der Waals surface area contributed by atoms with Gasteiger partial charge in [-0.25, -0.2) is 0 Å². The van der Waals surface area contributed by atoms with Crippen molar-refractivity contribution in [1.29, 1.82) is 0 Å². The lowest BCUT2D eigenvalue weighted by Gasteiger charge is -2.11. The minimum Gasteiger partial charge on any atom is -0.411 e. The largest absolute Gasteiger partial charge is 0.411 e. The van der Waals surface area contributed by atoms with E-state index in [2.05, 4.69) is 10.3 Å². The molecule has 0 unspecified atom stereocenters.